The number of nitrogens with one attached hydrogen (secondary N) is 1. The van der Waals surface area contributed by atoms with Gasteiger partial charge in [-0.05, 0) is 34.1 Å². The van der Waals surface area contributed by atoms with Gasteiger partial charge in [-0.3, -0.25) is 9.00 Å². The molecule has 3 N–H and O–H groups in total. The van der Waals surface area contributed by atoms with Crippen LogP contribution < -0.4 is 11.1 Å². The Labute approximate surface area is 105 Å². The van der Waals surface area contributed by atoms with E-state index >= 15 is 0 Å². The monoisotopic (exact) mass is 304 g/mol. The highest BCUT2D eigenvalue weighted by Gasteiger charge is 2.06. The molecule has 88 valence electrons. The van der Waals surface area contributed by atoms with Gasteiger partial charge in [0.2, 0.25) is 0 Å². The minimum Gasteiger partial charge on any atom is -0.398 e. The van der Waals surface area contributed by atoms with Crippen molar-refractivity contribution < 1.29 is 9.00 Å². The van der Waals surface area contributed by atoms with Gasteiger partial charge in [0.05, 0.1) is 0 Å². The van der Waals surface area contributed by atoms with E-state index in [1.807, 2.05) is 0 Å². The molecule has 1 rings (SSSR count). The first kappa shape index (κ1) is 13.2. The van der Waals surface area contributed by atoms with E-state index in [0.717, 1.165) is 0 Å². The molecule has 0 saturated heterocycles. The van der Waals surface area contributed by atoms with Gasteiger partial charge in [0, 0.05) is 45.1 Å². The van der Waals surface area contributed by atoms with Gasteiger partial charge in [0.15, 0.2) is 0 Å². The molecule has 0 saturated carbocycles. The zero-order valence-corrected chi connectivity index (χ0v) is 11.2. The van der Waals surface area contributed by atoms with Crippen LogP contribution in [0.1, 0.15) is 10.4 Å². The van der Waals surface area contributed by atoms with Gasteiger partial charge in [0.25, 0.3) is 5.91 Å². The van der Waals surface area contributed by atoms with Crippen molar-refractivity contribution in [2.24, 2.45) is 0 Å². The van der Waals surface area contributed by atoms with E-state index < -0.39 is 10.8 Å². The zero-order chi connectivity index (χ0) is 12.1. The minimum atomic E-state index is -0.890. The fraction of sp³-hybridized carbons (Fsp3) is 0.300. The number of hydrogen-bond acceptors (Lipinski definition) is 3. The molecule has 0 radical (unpaired) electrons. The summed E-state index contributed by atoms with van der Waals surface area (Å²) in [4.78, 5) is 11.6. The highest BCUT2D eigenvalue weighted by Crippen LogP contribution is 2.20. The third-order valence-corrected chi connectivity index (χ3v) is 3.40. The number of nitrogen functional groups attached to an aromatic ring is 1. The fourth-order valence-corrected chi connectivity index (χ4v) is 1.85. The van der Waals surface area contributed by atoms with E-state index in [9.17, 15) is 9.00 Å². The maximum atomic E-state index is 11.6. The molecule has 1 aromatic rings. The first-order valence-corrected chi connectivity index (χ1v) is 7.16. The van der Waals surface area contributed by atoms with Gasteiger partial charge in [-0.2, -0.15) is 0 Å². The molecular formula is C10H13BrN2O2S. The summed E-state index contributed by atoms with van der Waals surface area (Å²) in [5.41, 5.74) is 6.73. The average molecular weight is 305 g/mol. The summed E-state index contributed by atoms with van der Waals surface area (Å²) >= 11 is 3.25. The predicted octanol–water partition coefficient (Wildman–Crippen LogP) is 1.14. The Balaban J connectivity index is 2.59. The molecule has 0 fully saturated rings. The lowest BCUT2D eigenvalue weighted by Gasteiger charge is -2.05. The molecule has 16 heavy (non-hydrogen) atoms. The second-order valence-electron chi connectivity index (χ2n) is 3.27. The Morgan fingerprint density at radius 1 is 1.56 bits per heavy atom. The number of halogens is 1. The summed E-state index contributed by atoms with van der Waals surface area (Å²) in [5, 5.41) is 2.68. The molecule has 1 atom stereocenters. The summed E-state index contributed by atoms with van der Waals surface area (Å²) in [7, 11) is -0.890. The molecule has 4 nitrogen and oxygen atoms in total. The van der Waals surface area contributed by atoms with Gasteiger partial charge in [0.1, 0.15) is 0 Å². The Morgan fingerprint density at radius 3 is 2.81 bits per heavy atom. The van der Waals surface area contributed by atoms with Crippen LogP contribution in [-0.2, 0) is 10.8 Å². The lowest BCUT2D eigenvalue weighted by Crippen LogP contribution is -2.27. The number of hydrogen-bond donors (Lipinski definition) is 2. The largest absolute Gasteiger partial charge is 0.398 e. The van der Waals surface area contributed by atoms with Gasteiger partial charge < -0.3 is 11.1 Å². The van der Waals surface area contributed by atoms with Crippen molar-refractivity contribution in [1.82, 2.24) is 5.32 Å². The standard InChI is InChI=1S/C10H13BrN2O2S/c1-16(15)5-4-13-10(14)7-2-3-9(12)8(11)6-7/h2-3,6H,4-5,12H2,1H3,(H,13,14). The number of nitrogens with two attached hydrogens (primary N) is 1. The van der Waals surface area contributed by atoms with Gasteiger partial charge in [-0.15, -0.1) is 0 Å². The van der Waals surface area contributed by atoms with Crippen molar-refractivity contribution in [3.05, 3.63) is 28.2 Å². The molecule has 0 bridgehead atoms. The molecule has 0 aliphatic rings. The summed E-state index contributed by atoms with van der Waals surface area (Å²) in [6.07, 6.45) is 1.60. The van der Waals surface area contributed by atoms with Crippen molar-refractivity contribution in [2.75, 3.05) is 24.3 Å². The third-order valence-electron chi connectivity index (χ3n) is 1.94. The first-order valence-electron chi connectivity index (χ1n) is 4.64. The van der Waals surface area contributed by atoms with Crippen molar-refractivity contribution in [3.8, 4) is 0 Å². The molecule has 0 aliphatic heterocycles. The number of carbonyl (C=O) groups is 1. The summed E-state index contributed by atoms with van der Waals surface area (Å²) in [6.45, 7) is 0.407. The Bertz CT molecular complexity index is 423. The van der Waals surface area contributed by atoms with Gasteiger partial charge in [-0.25, -0.2) is 0 Å². The van der Waals surface area contributed by atoms with E-state index in [4.69, 9.17) is 5.73 Å². The summed E-state index contributed by atoms with van der Waals surface area (Å²) in [6, 6.07) is 4.98. The highest BCUT2D eigenvalue weighted by molar-refractivity contribution is 9.10. The van der Waals surface area contributed by atoms with E-state index in [2.05, 4.69) is 21.2 Å². The van der Waals surface area contributed by atoms with Crippen molar-refractivity contribution >= 4 is 38.3 Å². The van der Waals surface area contributed by atoms with Crippen molar-refractivity contribution in [1.29, 1.82) is 0 Å². The maximum absolute atomic E-state index is 11.6. The lowest BCUT2D eigenvalue weighted by atomic mass is 10.2. The molecule has 1 unspecified atom stereocenters. The molecule has 0 aliphatic carbocycles. The molecular weight excluding hydrogens is 292 g/mol. The van der Waals surface area contributed by atoms with Crippen LogP contribution in [0.15, 0.2) is 22.7 Å². The van der Waals surface area contributed by atoms with E-state index in [1.54, 1.807) is 24.5 Å². The number of benzene rings is 1. The van der Waals surface area contributed by atoms with Crippen LogP contribution in [0, 0.1) is 0 Å². The molecule has 0 aromatic heterocycles. The molecule has 1 amide bonds. The Hall–Kier alpha value is -0.880. The van der Waals surface area contributed by atoms with E-state index in [-0.39, 0.29) is 5.91 Å². The van der Waals surface area contributed by atoms with Crippen LogP contribution in [0.2, 0.25) is 0 Å². The molecule has 0 heterocycles. The van der Waals surface area contributed by atoms with Gasteiger partial charge >= 0.3 is 0 Å². The number of anilines is 1. The summed E-state index contributed by atoms with van der Waals surface area (Å²) in [5.74, 6) is 0.271. The van der Waals surface area contributed by atoms with Crippen LogP contribution in [-0.4, -0.2) is 28.7 Å². The van der Waals surface area contributed by atoms with Crippen LogP contribution in [0.3, 0.4) is 0 Å². The quantitative estimate of drug-likeness (QED) is 0.819. The number of rotatable bonds is 4. The maximum Gasteiger partial charge on any atom is 0.251 e. The fourth-order valence-electron chi connectivity index (χ4n) is 1.08. The second kappa shape index (κ2) is 6.00. The van der Waals surface area contributed by atoms with Crippen molar-refractivity contribution in [2.45, 2.75) is 0 Å². The predicted molar refractivity (Wildman–Crippen MR) is 69.8 cm³/mol. The van der Waals surface area contributed by atoms with Crippen molar-refractivity contribution in [3.63, 3.8) is 0 Å². The number of amides is 1. The topological polar surface area (TPSA) is 72.2 Å². The Kier molecular flexibility index (Phi) is 4.95. The van der Waals surface area contributed by atoms with E-state index in [1.165, 1.54) is 0 Å². The normalized spacial score (nSPS) is 12.1. The minimum absolute atomic E-state index is 0.189. The highest BCUT2D eigenvalue weighted by atomic mass is 79.9. The summed E-state index contributed by atoms with van der Waals surface area (Å²) < 4.78 is 11.5. The molecule has 6 heteroatoms. The SMILES string of the molecule is CS(=O)CCNC(=O)c1ccc(N)c(Br)c1. The van der Waals surface area contributed by atoms with E-state index in [0.29, 0.717) is 28.0 Å². The average Bonchev–Trinajstić information content (AvgIpc) is 2.21. The lowest BCUT2D eigenvalue weighted by molar-refractivity contribution is 0.0956. The van der Waals surface area contributed by atoms with Gasteiger partial charge in [-0.1, -0.05) is 0 Å². The third kappa shape index (κ3) is 3.94. The number of carbonyl (C=O) groups excluding carboxylic acids is 1. The molecule has 0 spiro atoms. The van der Waals surface area contributed by atoms with Crippen LogP contribution >= 0.6 is 15.9 Å². The van der Waals surface area contributed by atoms with Crippen LogP contribution in [0.4, 0.5) is 5.69 Å². The smallest absolute Gasteiger partial charge is 0.251 e. The van der Waals surface area contributed by atoms with Crippen LogP contribution in [0.5, 0.6) is 0 Å². The molecule has 1 aromatic carbocycles. The van der Waals surface area contributed by atoms with Crippen LogP contribution in [0.25, 0.3) is 0 Å². The Morgan fingerprint density at radius 2 is 2.25 bits per heavy atom. The second-order valence-corrected chi connectivity index (χ2v) is 5.68. The first-order chi connectivity index (χ1) is 7.50. The zero-order valence-electron chi connectivity index (χ0n) is 8.83.